The van der Waals surface area contributed by atoms with E-state index in [1.54, 1.807) is 0 Å². The van der Waals surface area contributed by atoms with E-state index in [2.05, 4.69) is 10.6 Å². The van der Waals surface area contributed by atoms with Crippen LogP contribution in [0.5, 0.6) is 0 Å². The predicted molar refractivity (Wildman–Crippen MR) is 51.2 cm³/mol. The Bertz CT molecular complexity index is 112. The van der Waals surface area contributed by atoms with Crippen molar-refractivity contribution in [2.75, 3.05) is 26.2 Å². The highest BCUT2D eigenvalue weighted by Crippen LogP contribution is 2.27. The van der Waals surface area contributed by atoms with E-state index in [9.17, 15) is 0 Å². The molecule has 2 nitrogen and oxygen atoms in total. The van der Waals surface area contributed by atoms with Gasteiger partial charge in [-0.15, -0.1) is 0 Å². The zero-order valence-corrected chi connectivity index (χ0v) is 7.81. The van der Waals surface area contributed by atoms with Gasteiger partial charge in [-0.2, -0.15) is 0 Å². The van der Waals surface area contributed by atoms with Gasteiger partial charge in [-0.1, -0.05) is 0 Å². The monoisotopic (exact) mass is 168 g/mol. The smallest absolute Gasteiger partial charge is 0.00768 e. The minimum Gasteiger partial charge on any atom is -0.315 e. The van der Waals surface area contributed by atoms with Crippen molar-refractivity contribution in [2.24, 2.45) is 11.8 Å². The van der Waals surface area contributed by atoms with Crippen molar-refractivity contribution in [1.29, 1.82) is 0 Å². The van der Waals surface area contributed by atoms with Gasteiger partial charge in [-0.3, -0.25) is 0 Å². The number of rotatable bonds is 7. The van der Waals surface area contributed by atoms with Gasteiger partial charge >= 0.3 is 0 Å². The third-order valence-electron chi connectivity index (χ3n) is 2.74. The molecule has 0 atom stereocenters. The van der Waals surface area contributed by atoms with E-state index in [0.29, 0.717) is 0 Å². The lowest BCUT2D eigenvalue weighted by Crippen LogP contribution is -2.29. The number of hydrogen-bond donors (Lipinski definition) is 2. The van der Waals surface area contributed by atoms with Crippen molar-refractivity contribution in [2.45, 2.75) is 25.7 Å². The molecule has 12 heavy (non-hydrogen) atoms. The van der Waals surface area contributed by atoms with Gasteiger partial charge in [0.05, 0.1) is 0 Å². The Morgan fingerprint density at radius 3 is 1.50 bits per heavy atom. The van der Waals surface area contributed by atoms with Crippen molar-refractivity contribution >= 4 is 0 Å². The van der Waals surface area contributed by atoms with Crippen molar-refractivity contribution in [3.05, 3.63) is 0 Å². The maximum Gasteiger partial charge on any atom is 0.00768 e. The van der Waals surface area contributed by atoms with Crippen molar-refractivity contribution in [1.82, 2.24) is 10.6 Å². The molecule has 0 aromatic heterocycles. The van der Waals surface area contributed by atoms with Gasteiger partial charge in [0.15, 0.2) is 0 Å². The molecule has 0 spiro atoms. The highest BCUT2D eigenvalue weighted by atomic mass is 14.9. The molecule has 0 saturated heterocycles. The molecule has 0 unspecified atom stereocenters. The minimum atomic E-state index is 1.02. The van der Waals surface area contributed by atoms with Crippen LogP contribution in [0.15, 0.2) is 0 Å². The summed E-state index contributed by atoms with van der Waals surface area (Å²) in [4.78, 5) is 0. The van der Waals surface area contributed by atoms with E-state index < -0.39 is 0 Å². The summed E-state index contributed by atoms with van der Waals surface area (Å²) >= 11 is 0. The van der Waals surface area contributed by atoms with E-state index in [0.717, 1.165) is 24.9 Å². The standard InChI is InChI=1S/C10H20N2/c1-2-9(1)7-11-5-6-12-8-10-3-4-10/h9-12H,1-8H2. The van der Waals surface area contributed by atoms with E-state index in [1.807, 2.05) is 0 Å². The normalized spacial score (nSPS) is 23.0. The van der Waals surface area contributed by atoms with Crippen LogP contribution in [0.4, 0.5) is 0 Å². The van der Waals surface area contributed by atoms with Gasteiger partial charge in [0.25, 0.3) is 0 Å². The fourth-order valence-corrected chi connectivity index (χ4v) is 1.43. The molecule has 2 rings (SSSR count). The van der Waals surface area contributed by atoms with Crippen molar-refractivity contribution in [3.8, 4) is 0 Å². The molecule has 0 amide bonds. The highest BCUT2D eigenvalue weighted by Gasteiger charge is 2.21. The molecular formula is C10H20N2. The molecule has 70 valence electrons. The summed E-state index contributed by atoms with van der Waals surface area (Å²) in [6, 6.07) is 0. The van der Waals surface area contributed by atoms with Gasteiger partial charge in [0, 0.05) is 13.1 Å². The van der Waals surface area contributed by atoms with Crippen LogP contribution >= 0.6 is 0 Å². The first-order chi connectivity index (χ1) is 5.95. The largest absolute Gasteiger partial charge is 0.315 e. The Morgan fingerprint density at radius 2 is 1.17 bits per heavy atom. The van der Waals surface area contributed by atoms with E-state index >= 15 is 0 Å². The predicted octanol–water partition coefficient (Wildman–Crippen LogP) is 0.986. The van der Waals surface area contributed by atoms with Gasteiger partial charge in [-0.25, -0.2) is 0 Å². The molecular weight excluding hydrogens is 148 g/mol. The van der Waals surface area contributed by atoms with Gasteiger partial charge in [0.1, 0.15) is 0 Å². The molecule has 2 saturated carbocycles. The summed E-state index contributed by atoms with van der Waals surface area (Å²) in [5.74, 6) is 2.04. The van der Waals surface area contributed by atoms with Crippen molar-refractivity contribution < 1.29 is 0 Å². The molecule has 0 aliphatic heterocycles. The van der Waals surface area contributed by atoms with Crippen LogP contribution < -0.4 is 10.6 Å². The molecule has 0 aromatic carbocycles. The third kappa shape index (κ3) is 3.55. The first kappa shape index (κ1) is 8.52. The third-order valence-corrected chi connectivity index (χ3v) is 2.74. The minimum absolute atomic E-state index is 1.02. The van der Waals surface area contributed by atoms with Crippen LogP contribution in [0.1, 0.15) is 25.7 Å². The number of hydrogen-bond acceptors (Lipinski definition) is 2. The second kappa shape index (κ2) is 4.24. The van der Waals surface area contributed by atoms with Gasteiger partial charge in [-0.05, 0) is 50.6 Å². The summed E-state index contributed by atoms with van der Waals surface area (Å²) in [5, 5.41) is 6.96. The summed E-state index contributed by atoms with van der Waals surface area (Å²) < 4.78 is 0. The fourth-order valence-electron chi connectivity index (χ4n) is 1.43. The average Bonchev–Trinajstić information content (AvgIpc) is 2.89. The highest BCUT2D eigenvalue weighted by molar-refractivity contribution is 4.76. The van der Waals surface area contributed by atoms with Crippen molar-refractivity contribution in [3.63, 3.8) is 0 Å². The molecule has 2 N–H and O–H groups in total. The van der Waals surface area contributed by atoms with Crippen LogP contribution in [0.3, 0.4) is 0 Å². The zero-order valence-electron chi connectivity index (χ0n) is 7.81. The molecule has 2 fully saturated rings. The van der Waals surface area contributed by atoms with E-state index in [-0.39, 0.29) is 0 Å². The second-order valence-corrected chi connectivity index (χ2v) is 4.29. The summed E-state index contributed by atoms with van der Waals surface area (Å²) in [7, 11) is 0. The van der Waals surface area contributed by atoms with Crippen LogP contribution in [0.25, 0.3) is 0 Å². The van der Waals surface area contributed by atoms with Gasteiger partial charge < -0.3 is 10.6 Å². The average molecular weight is 168 g/mol. The maximum absolute atomic E-state index is 3.48. The van der Waals surface area contributed by atoms with Gasteiger partial charge in [0.2, 0.25) is 0 Å². The molecule has 2 aliphatic rings. The first-order valence-electron chi connectivity index (χ1n) is 5.36. The zero-order chi connectivity index (χ0) is 8.23. The first-order valence-corrected chi connectivity index (χ1v) is 5.36. The summed E-state index contributed by atoms with van der Waals surface area (Å²) in [5.41, 5.74) is 0. The Morgan fingerprint density at radius 1 is 0.750 bits per heavy atom. The topological polar surface area (TPSA) is 24.1 Å². The quantitative estimate of drug-likeness (QED) is 0.554. The summed E-state index contributed by atoms with van der Waals surface area (Å²) in [6.07, 6.45) is 5.84. The molecule has 0 heterocycles. The Kier molecular flexibility index (Phi) is 3.01. The molecule has 2 aliphatic carbocycles. The molecule has 0 radical (unpaired) electrons. The number of nitrogens with one attached hydrogen (secondary N) is 2. The molecule has 2 heteroatoms. The summed E-state index contributed by atoms with van der Waals surface area (Å²) in [6.45, 7) is 4.82. The Hall–Kier alpha value is -0.0800. The van der Waals surface area contributed by atoms with Crippen LogP contribution in [0.2, 0.25) is 0 Å². The fraction of sp³-hybridized carbons (Fsp3) is 1.00. The Labute approximate surface area is 75.1 Å². The SMILES string of the molecule is C(CNCC1CC1)NCC1CC1. The van der Waals surface area contributed by atoms with Crippen LogP contribution in [-0.4, -0.2) is 26.2 Å². The maximum atomic E-state index is 3.48. The van der Waals surface area contributed by atoms with E-state index in [1.165, 1.54) is 38.8 Å². The molecule has 0 bridgehead atoms. The second-order valence-electron chi connectivity index (χ2n) is 4.29. The lowest BCUT2D eigenvalue weighted by atomic mass is 10.4. The van der Waals surface area contributed by atoms with E-state index in [4.69, 9.17) is 0 Å². The lowest BCUT2D eigenvalue weighted by Gasteiger charge is -2.04. The van der Waals surface area contributed by atoms with Crippen LogP contribution in [-0.2, 0) is 0 Å². The van der Waals surface area contributed by atoms with Crippen LogP contribution in [0, 0.1) is 11.8 Å². The molecule has 0 aromatic rings. The Balaban J connectivity index is 1.31. The lowest BCUT2D eigenvalue weighted by molar-refractivity contribution is 0.574.